The molecule has 26 heavy (non-hydrogen) atoms. The summed E-state index contributed by atoms with van der Waals surface area (Å²) < 4.78 is 3.86. The Bertz CT molecular complexity index is 859. The highest BCUT2D eigenvalue weighted by Crippen LogP contribution is 2.27. The van der Waals surface area contributed by atoms with E-state index in [-0.39, 0.29) is 5.41 Å². The molecule has 0 N–H and O–H groups in total. The van der Waals surface area contributed by atoms with Crippen LogP contribution in [0.25, 0.3) is 11.4 Å². The monoisotopic (exact) mass is 371 g/mol. The van der Waals surface area contributed by atoms with Gasteiger partial charge in [-0.2, -0.15) is 0 Å². The fraction of sp³-hybridized carbons (Fsp3) is 0.500. The smallest absolute Gasteiger partial charge is 0.191 e. The number of aryl methyl sites for hydroxylation is 1. The van der Waals surface area contributed by atoms with Crippen LogP contribution in [0.3, 0.4) is 0 Å². The SMILES string of the molecule is CCCn1nnnc1CSc1nnc(-c2ccc(C(C)(C)C)cc2)n1C. The lowest BCUT2D eigenvalue weighted by atomic mass is 9.87. The van der Waals surface area contributed by atoms with Crippen molar-refractivity contribution >= 4 is 11.8 Å². The minimum Gasteiger partial charge on any atom is -0.305 e. The first kappa shape index (κ1) is 18.6. The lowest BCUT2D eigenvalue weighted by molar-refractivity contribution is 0.564. The first-order valence-electron chi connectivity index (χ1n) is 8.78. The Morgan fingerprint density at radius 2 is 1.77 bits per heavy atom. The summed E-state index contributed by atoms with van der Waals surface area (Å²) >= 11 is 1.59. The van der Waals surface area contributed by atoms with Crippen LogP contribution in [0.15, 0.2) is 29.4 Å². The molecule has 0 saturated heterocycles. The first-order chi connectivity index (χ1) is 12.4. The molecule has 3 aromatic rings. The van der Waals surface area contributed by atoms with Crippen molar-refractivity contribution in [1.82, 2.24) is 35.0 Å². The lowest BCUT2D eigenvalue weighted by Crippen LogP contribution is -2.10. The molecule has 0 aliphatic rings. The number of thioether (sulfide) groups is 1. The van der Waals surface area contributed by atoms with E-state index in [1.54, 1.807) is 11.8 Å². The molecule has 0 unspecified atom stereocenters. The molecule has 0 fully saturated rings. The lowest BCUT2D eigenvalue weighted by Gasteiger charge is -2.19. The van der Waals surface area contributed by atoms with Crippen LogP contribution in [0.5, 0.6) is 0 Å². The number of rotatable bonds is 6. The maximum absolute atomic E-state index is 4.37. The van der Waals surface area contributed by atoms with Gasteiger partial charge in [-0.05, 0) is 27.8 Å². The molecule has 0 bridgehead atoms. The van der Waals surface area contributed by atoms with E-state index in [0.717, 1.165) is 35.3 Å². The fourth-order valence-electron chi connectivity index (χ4n) is 2.65. The highest BCUT2D eigenvalue weighted by molar-refractivity contribution is 7.98. The van der Waals surface area contributed by atoms with E-state index >= 15 is 0 Å². The van der Waals surface area contributed by atoms with Gasteiger partial charge in [0.05, 0.1) is 5.75 Å². The van der Waals surface area contributed by atoms with Crippen LogP contribution in [0, 0.1) is 0 Å². The Hall–Kier alpha value is -2.22. The van der Waals surface area contributed by atoms with Crippen molar-refractivity contribution in [3.8, 4) is 11.4 Å². The fourth-order valence-corrected chi connectivity index (χ4v) is 3.50. The Morgan fingerprint density at radius 1 is 1.04 bits per heavy atom. The van der Waals surface area contributed by atoms with Crippen LogP contribution in [-0.4, -0.2) is 35.0 Å². The molecule has 0 spiro atoms. The van der Waals surface area contributed by atoms with Crippen molar-refractivity contribution in [1.29, 1.82) is 0 Å². The maximum Gasteiger partial charge on any atom is 0.191 e. The topological polar surface area (TPSA) is 74.3 Å². The van der Waals surface area contributed by atoms with Gasteiger partial charge in [0.1, 0.15) is 0 Å². The van der Waals surface area contributed by atoms with E-state index in [1.807, 2.05) is 16.3 Å². The van der Waals surface area contributed by atoms with Gasteiger partial charge in [-0.15, -0.1) is 15.3 Å². The Labute approximate surface area is 158 Å². The summed E-state index contributed by atoms with van der Waals surface area (Å²) in [6.07, 6.45) is 1.00. The van der Waals surface area contributed by atoms with E-state index in [4.69, 9.17) is 0 Å². The highest BCUT2D eigenvalue weighted by atomic mass is 32.2. The van der Waals surface area contributed by atoms with Crippen molar-refractivity contribution in [3.05, 3.63) is 35.7 Å². The van der Waals surface area contributed by atoms with Gasteiger partial charge in [-0.25, -0.2) is 4.68 Å². The average molecular weight is 372 g/mol. The van der Waals surface area contributed by atoms with Crippen LogP contribution in [0.1, 0.15) is 45.5 Å². The third-order valence-electron chi connectivity index (χ3n) is 4.22. The van der Waals surface area contributed by atoms with Gasteiger partial charge in [0.15, 0.2) is 16.8 Å². The maximum atomic E-state index is 4.37. The minimum absolute atomic E-state index is 0.141. The summed E-state index contributed by atoms with van der Waals surface area (Å²) in [5.74, 6) is 2.39. The summed E-state index contributed by atoms with van der Waals surface area (Å²) in [5, 5.41) is 21.4. The van der Waals surface area contributed by atoms with Gasteiger partial charge >= 0.3 is 0 Å². The van der Waals surface area contributed by atoms with E-state index < -0.39 is 0 Å². The molecule has 0 radical (unpaired) electrons. The second-order valence-electron chi connectivity index (χ2n) is 7.30. The molecular weight excluding hydrogens is 346 g/mol. The summed E-state index contributed by atoms with van der Waals surface area (Å²) in [5.41, 5.74) is 2.51. The molecule has 2 aromatic heterocycles. The van der Waals surface area contributed by atoms with Crippen molar-refractivity contribution in [2.45, 2.75) is 57.0 Å². The third kappa shape index (κ3) is 3.95. The van der Waals surface area contributed by atoms with Gasteiger partial charge in [-0.3, -0.25) is 0 Å². The zero-order valence-electron chi connectivity index (χ0n) is 16.0. The number of nitrogens with zero attached hydrogens (tertiary/aromatic N) is 7. The Kier molecular flexibility index (Phi) is 5.41. The van der Waals surface area contributed by atoms with Crippen molar-refractivity contribution < 1.29 is 0 Å². The summed E-state index contributed by atoms with van der Waals surface area (Å²) in [4.78, 5) is 0. The molecule has 0 saturated carbocycles. The molecule has 0 aliphatic carbocycles. The molecule has 7 nitrogen and oxygen atoms in total. The van der Waals surface area contributed by atoms with Crippen LogP contribution < -0.4 is 0 Å². The molecular formula is C18H25N7S. The number of tetrazole rings is 1. The summed E-state index contributed by atoms with van der Waals surface area (Å²) in [7, 11) is 1.99. The molecule has 1 aromatic carbocycles. The van der Waals surface area contributed by atoms with Gasteiger partial charge in [-0.1, -0.05) is 63.7 Å². The van der Waals surface area contributed by atoms with Gasteiger partial charge in [0.25, 0.3) is 0 Å². The predicted molar refractivity (Wildman–Crippen MR) is 103 cm³/mol. The van der Waals surface area contributed by atoms with E-state index in [9.17, 15) is 0 Å². The number of hydrogen-bond acceptors (Lipinski definition) is 6. The summed E-state index contributed by atoms with van der Waals surface area (Å²) in [6, 6.07) is 8.55. The van der Waals surface area contributed by atoms with Gasteiger partial charge in [0.2, 0.25) is 0 Å². The van der Waals surface area contributed by atoms with E-state index in [0.29, 0.717) is 5.75 Å². The van der Waals surface area contributed by atoms with E-state index in [2.05, 4.69) is 77.7 Å². The normalized spacial score (nSPS) is 11.9. The first-order valence-corrected chi connectivity index (χ1v) is 9.77. The zero-order chi connectivity index (χ0) is 18.7. The van der Waals surface area contributed by atoms with Crippen LogP contribution >= 0.6 is 11.8 Å². The molecule has 0 amide bonds. The van der Waals surface area contributed by atoms with Gasteiger partial charge in [0, 0.05) is 19.2 Å². The summed E-state index contributed by atoms with van der Waals surface area (Å²) in [6.45, 7) is 9.58. The quantitative estimate of drug-likeness (QED) is 0.618. The molecule has 0 aliphatic heterocycles. The van der Waals surface area contributed by atoms with E-state index in [1.165, 1.54) is 5.56 Å². The standard InChI is InChI=1S/C18H25N7S/c1-6-11-25-15(19-22-23-25)12-26-17-21-20-16(24(17)5)13-7-9-14(10-8-13)18(2,3)4/h7-10H,6,11-12H2,1-5H3. The average Bonchev–Trinajstić information content (AvgIpc) is 3.19. The zero-order valence-corrected chi connectivity index (χ0v) is 16.8. The number of aromatic nitrogens is 7. The molecule has 3 rings (SSSR count). The molecule has 8 heteroatoms. The van der Waals surface area contributed by atoms with Crippen LogP contribution in [-0.2, 0) is 24.8 Å². The highest BCUT2D eigenvalue weighted by Gasteiger charge is 2.16. The van der Waals surface area contributed by atoms with Crippen molar-refractivity contribution in [3.63, 3.8) is 0 Å². The third-order valence-corrected chi connectivity index (χ3v) is 5.23. The molecule has 0 atom stereocenters. The molecule has 2 heterocycles. The van der Waals surface area contributed by atoms with Crippen LogP contribution in [0.4, 0.5) is 0 Å². The van der Waals surface area contributed by atoms with Crippen LogP contribution in [0.2, 0.25) is 0 Å². The number of hydrogen-bond donors (Lipinski definition) is 0. The Balaban J connectivity index is 1.74. The van der Waals surface area contributed by atoms with Crippen molar-refractivity contribution in [2.75, 3.05) is 0 Å². The largest absolute Gasteiger partial charge is 0.305 e. The van der Waals surface area contributed by atoms with Gasteiger partial charge < -0.3 is 4.57 Å². The number of benzene rings is 1. The minimum atomic E-state index is 0.141. The second kappa shape index (κ2) is 7.57. The second-order valence-corrected chi connectivity index (χ2v) is 8.24. The predicted octanol–water partition coefficient (Wildman–Crippen LogP) is 3.47. The van der Waals surface area contributed by atoms with Crippen molar-refractivity contribution in [2.24, 2.45) is 7.05 Å². The Morgan fingerprint density at radius 3 is 2.42 bits per heavy atom. The molecule has 138 valence electrons.